The first-order valence-corrected chi connectivity index (χ1v) is 4.58. The summed E-state index contributed by atoms with van der Waals surface area (Å²) in [4.78, 5) is 1.13. The van der Waals surface area contributed by atoms with Crippen LogP contribution in [0.1, 0.15) is 16.7 Å². The van der Waals surface area contributed by atoms with Crippen LogP contribution in [-0.2, 0) is 0 Å². The number of halogens is 1. The maximum Gasteiger partial charge on any atom is 0.125 e. The van der Waals surface area contributed by atoms with Gasteiger partial charge >= 0.3 is 0 Å². The Bertz CT molecular complexity index is 296. The molecule has 70 valence electrons. The van der Waals surface area contributed by atoms with E-state index in [0.717, 1.165) is 10.6 Å². The van der Waals surface area contributed by atoms with E-state index in [0.29, 0.717) is 0 Å². The van der Waals surface area contributed by atoms with E-state index in [1.165, 1.54) is 0 Å². The third kappa shape index (κ3) is 2.12. The van der Waals surface area contributed by atoms with E-state index in [1.54, 1.807) is 17.6 Å². The summed E-state index contributed by atoms with van der Waals surface area (Å²) < 4.78 is 5.20. The van der Waals surface area contributed by atoms with Gasteiger partial charge in [-0.1, -0.05) is 6.07 Å². The molecule has 4 heteroatoms. The molecule has 2 nitrogen and oxygen atoms in total. The van der Waals surface area contributed by atoms with Gasteiger partial charge in [-0.25, -0.2) is 0 Å². The van der Waals surface area contributed by atoms with Crippen LogP contribution in [0.15, 0.2) is 40.3 Å². The van der Waals surface area contributed by atoms with Crippen molar-refractivity contribution in [3.63, 3.8) is 0 Å². The second-order valence-corrected chi connectivity index (χ2v) is 3.49. The first-order valence-electron chi connectivity index (χ1n) is 3.70. The summed E-state index contributed by atoms with van der Waals surface area (Å²) in [6.07, 6.45) is 1.64. The van der Waals surface area contributed by atoms with Crippen LogP contribution in [0.25, 0.3) is 0 Å². The average molecular weight is 216 g/mol. The van der Waals surface area contributed by atoms with Crippen molar-refractivity contribution in [3.8, 4) is 0 Å². The zero-order valence-electron chi connectivity index (χ0n) is 6.84. The van der Waals surface area contributed by atoms with Crippen molar-refractivity contribution in [1.29, 1.82) is 0 Å². The smallest absolute Gasteiger partial charge is 0.125 e. The normalized spacial score (nSPS) is 12.1. The number of thiophene rings is 1. The zero-order chi connectivity index (χ0) is 8.39. The summed E-state index contributed by atoms with van der Waals surface area (Å²) in [5, 5.41) is 2.01. The average Bonchev–Trinajstić information content (AvgIpc) is 2.77. The molecule has 1 atom stereocenters. The summed E-state index contributed by atoms with van der Waals surface area (Å²) in [6, 6.07) is 7.63. The molecule has 2 aromatic heterocycles. The Morgan fingerprint density at radius 3 is 2.69 bits per heavy atom. The molecule has 0 saturated heterocycles. The van der Waals surface area contributed by atoms with Gasteiger partial charge in [0.15, 0.2) is 0 Å². The number of hydrogen-bond acceptors (Lipinski definition) is 3. The second kappa shape index (κ2) is 4.46. The van der Waals surface area contributed by atoms with Crippen LogP contribution in [0.3, 0.4) is 0 Å². The molecule has 0 radical (unpaired) electrons. The predicted octanol–water partition coefficient (Wildman–Crippen LogP) is 2.81. The van der Waals surface area contributed by atoms with Gasteiger partial charge in [-0.3, -0.25) is 0 Å². The van der Waals surface area contributed by atoms with Gasteiger partial charge in [0.25, 0.3) is 0 Å². The third-order valence-corrected chi connectivity index (χ3v) is 2.65. The Kier molecular flexibility index (Phi) is 3.54. The molecule has 0 aliphatic heterocycles. The molecule has 2 heterocycles. The van der Waals surface area contributed by atoms with Crippen LogP contribution in [0, 0.1) is 0 Å². The van der Waals surface area contributed by atoms with E-state index in [-0.39, 0.29) is 18.4 Å². The van der Waals surface area contributed by atoms with Crippen molar-refractivity contribution in [2.24, 2.45) is 5.73 Å². The van der Waals surface area contributed by atoms with E-state index >= 15 is 0 Å². The van der Waals surface area contributed by atoms with Crippen LogP contribution in [0.5, 0.6) is 0 Å². The van der Waals surface area contributed by atoms with E-state index in [2.05, 4.69) is 0 Å². The lowest BCUT2D eigenvalue weighted by Gasteiger charge is -2.04. The maximum absolute atomic E-state index is 5.92. The van der Waals surface area contributed by atoms with Gasteiger partial charge in [0, 0.05) is 4.88 Å². The highest BCUT2D eigenvalue weighted by molar-refractivity contribution is 7.10. The summed E-state index contributed by atoms with van der Waals surface area (Å²) in [5.41, 5.74) is 5.92. The first-order chi connectivity index (χ1) is 5.88. The van der Waals surface area contributed by atoms with Crippen molar-refractivity contribution in [1.82, 2.24) is 0 Å². The van der Waals surface area contributed by atoms with E-state index in [4.69, 9.17) is 10.2 Å². The number of hydrogen-bond donors (Lipinski definition) is 1. The van der Waals surface area contributed by atoms with Crippen molar-refractivity contribution in [2.75, 3.05) is 0 Å². The summed E-state index contributed by atoms with van der Waals surface area (Å²) in [7, 11) is 0. The highest BCUT2D eigenvalue weighted by atomic mass is 35.5. The molecule has 0 aromatic carbocycles. The highest BCUT2D eigenvalue weighted by Crippen LogP contribution is 2.23. The minimum Gasteiger partial charge on any atom is -0.467 e. The quantitative estimate of drug-likeness (QED) is 0.837. The van der Waals surface area contributed by atoms with Crippen LogP contribution >= 0.6 is 23.7 Å². The second-order valence-electron chi connectivity index (χ2n) is 2.51. The fourth-order valence-electron chi connectivity index (χ4n) is 1.08. The van der Waals surface area contributed by atoms with Crippen LogP contribution < -0.4 is 5.73 Å². The van der Waals surface area contributed by atoms with E-state index < -0.39 is 0 Å². The molecule has 2 N–H and O–H groups in total. The van der Waals surface area contributed by atoms with Gasteiger partial charge in [0.1, 0.15) is 5.76 Å². The van der Waals surface area contributed by atoms with E-state index in [9.17, 15) is 0 Å². The predicted molar refractivity (Wildman–Crippen MR) is 56.3 cm³/mol. The van der Waals surface area contributed by atoms with Gasteiger partial charge in [-0.2, -0.15) is 0 Å². The minimum atomic E-state index is -0.111. The van der Waals surface area contributed by atoms with E-state index in [1.807, 2.05) is 29.6 Å². The molecule has 0 fully saturated rings. The fraction of sp³-hybridized carbons (Fsp3) is 0.111. The van der Waals surface area contributed by atoms with Gasteiger partial charge in [0.05, 0.1) is 12.3 Å². The van der Waals surface area contributed by atoms with Gasteiger partial charge in [0.2, 0.25) is 0 Å². The summed E-state index contributed by atoms with van der Waals surface area (Å²) >= 11 is 1.64. The van der Waals surface area contributed by atoms with Crippen LogP contribution in [0.2, 0.25) is 0 Å². The van der Waals surface area contributed by atoms with Gasteiger partial charge in [-0.05, 0) is 23.6 Å². The van der Waals surface area contributed by atoms with Gasteiger partial charge < -0.3 is 10.2 Å². The molecule has 0 amide bonds. The minimum absolute atomic E-state index is 0. The summed E-state index contributed by atoms with van der Waals surface area (Å²) in [5.74, 6) is 0.817. The Morgan fingerprint density at radius 1 is 1.31 bits per heavy atom. The number of rotatable bonds is 2. The molecule has 0 aliphatic rings. The van der Waals surface area contributed by atoms with Crippen molar-refractivity contribution < 1.29 is 4.42 Å². The molecule has 13 heavy (non-hydrogen) atoms. The number of furan rings is 1. The molecule has 0 spiro atoms. The standard InChI is InChI=1S/C9H9NOS.ClH/c10-9(7-3-1-5-11-7)8-4-2-6-12-8;/h1-6,9H,10H2;1H/t9-;/m0./s1. The lowest BCUT2D eigenvalue weighted by atomic mass is 10.2. The Hall–Kier alpha value is -0.770. The molecule has 0 bridgehead atoms. The molecular formula is C9H10ClNOS. The molecule has 2 aromatic rings. The van der Waals surface area contributed by atoms with Crippen LogP contribution in [0.4, 0.5) is 0 Å². The Balaban J connectivity index is 0.000000845. The SMILES string of the molecule is Cl.N[C@@H](c1ccco1)c1cccs1. The molecule has 2 rings (SSSR count). The fourth-order valence-corrected chi connectivity index (χ4v) is 1.81. The van der Waals surface area contributed by atoms with Crippen molar-refractivity contribution in [2.45, 2.75) is 6.04 Å². The number of nitrogens with two attached hydrogens (primary N) is 1. The lowest BCUT2D eigenvalue weighted by Crippen LogP contribution is -2.08. The topological polar surface area (TPSA) is 39.2 Å². The molecular weight excluding hydrogens is 206 g/mol. The zero-order valence-corrected chi connectivity index (χ0v) is 8.48. The van der Waals surface area contributed by atoms with Crippen molar-refractivity contribution in [3.05, 3.63) is 46.5 Å². The molecule has 0 aliphatic carbocycles. The highest BCUT2D eigenvalue weighted by Gasteiger charge is 2.11. The lowest BCUT2D eigenvalue weighted by molar-refractivity contribution is 0.492. The van der Waals surface area contributed by atoms with Crippen LogP contribution in [-0.4, -0.2) is 0 Å². The Labute approximate surface area is 86.8 Å². The largest absolute Gasteiger partial charge is 0.467 e. The third-order valence-electron chi connectivity index (χ3n) is 1.70. The summed E-state index contributed by atoms with van der Waals surface area (Å²) in [6.45, 7) is 0. The molecule has 0 saturated carbocycles. The van der Waals surface area contributed by atoms with Crippen molar-refractivity contribution >= 4 is 23.7 Å². The Morgan fingerprint density at radius 2 is 2.15 bits per heavy atom. The first kappa shape index (κ1) is 10.3. The van der Waals surface area contributed by atoms with Gasteiger partial charge in [-0.15, -0.1) is 23.7 Å². The molecule has 0 unspecified atom stereocenters. The maximum atomic E-state index is 5.92. The monoisotopic (exact) mass is 215 g/mol.